The Hall–Kier alpha value is -3.42. The zero-order valence-electron chi connectivity index (χ0n) is 27.5. The molecule has 0 spiro atoms. The monoisotopic (exact) mass is 602 g/mol. The van der Waals surface area contributed by atoms with Gasteiger partial charge in [0.25, 0.3) is 5.91 Å². The molecule has 1 aromatic carbocycles. The summed E-state index contributed by atoms with van der Waals surface area (Å²) in [5, 5.41) is 21.0. The number of anilines is 2. The molecule has 1 aromatic rings. The minimum Gasteiger partial charge on any atom is -0.506 e. The first-order valence-corrected chi connectivity index (χ1v) is 16.9. The highest BCUT2D eigenvalue weighted by molar-refractivity contribution is 6.44. The highest BCUT2D eigenvalue weighted by Gasteiger charge is 2.47. The molecule has 238 valence electrons. The van der Waals surface area contributed by atoms with Crippen molar-refractivity contribution in [3.63, 3.8) is 0 Å². The summed E-state index contributed by atoms with van der Waals surface area (Å²) >= 11 is 0. The molecule has 44 heavy (non-hydrogen) atoms. The number of allylic oxidation sites excluding steroid dienone is 2. The van der Waals surface area contributed by atoms with E-state index < -0.39 is 11.2 Å². The molecular weight excluding hydrogens is 552 g/mol. The minimum atomic E-state index is -0.614. The van der Waals surface area contributed by atoms with Gasteiger partial charge in [-0.15, -0.1) is 0 Å². The molecule has 8 nitrogen and oxygen atoms in total. The summed E-state index contributed by atoms with van der Waals surface area (Å²) in [6.07, 6.45) is 11.0. The molecule has 1 heterocycles. The Morgan fingerprint density at radius 2 is 1.57 bits per heavy atom. The van der Waals surface area contributed by atoms with E-state index in [0.717, 1.165) is 44.5 Å². The van der Waals surface area contributed by atoms with Gasteiger partial charge in [0.2, 0.25) is 11.7 Å². The predicted molar refractivity (Wildman–Crippen MR) is 177 cm³/mol. The molecule has 1 aliphatic heterocycles. The van der Waals surface area contributed by atoms with Gasteiger partial charge >= 0.3 is 0 Å². The summed E-state index contributed by atoms with van der Waals surface area (Å²) in [5.41, 5.74) is 2.10. The predicted octanol–water partition coefficient (Wildman–Crippen LogP) is 7.41. The van der Waals surface area contributed by atoms with Gasteiger partial charge in [0.15, 0.2) is 0 Å². The lowest BCUT2D eigenvalue weighted by molar-refractivity contribution is -0.131. The second kappa shape index (κ2) is 12.9. The molecule has 0 aromatic heterocycles. The lowest BCUT2D eigenvalue weighted by Gasteiger charge is -2.38. The zero-order valence-corrected chi connectivity index (χ0v) is 27.5. The number of benzene rings is 1. The van der Waals surface area contributed by atoms with Crippen molar-refractivity contribution in [3.05, 3.63) is 40.7 Å². The number of carbonyl (C=O) groups is 3. The van der Waals surface area contributed by atoms with E-state index in [4.69, 9.17) is 5.10 Å². The van der Waals surface area contributed by atoms with Crippen molar-refractivity contribution in [2.24, 2.45) is 22.4 Å². The van der Waals surface area contributed by atoms with Crippen LogP contribution >= 0.6 is 0 Å². The highest BCUT2D eigenvalue weighted by Crippen LogP contribution is 2.45. The van der Waals surface area contributed by atoms with E-state index in [1.54, 1.807) is 18.0 Å². The number of rotatable bonds is 10. The molecule has 1 unspecified atom stereocenters. The van der Waals surface area contributed by atoms with Gasteiger partial charge in [-0.1, -0.05) is 52.9 Å². The van der Waals surface area contributed by atoms with Crippen molar-refractivity contribution in [2.45, 2.75) is 112 Å². The Morgan fingerprint density at radius 1 is 0.977 bits per heavy atom. The summed E-state index contributed by atoms with van der Waals surface area (Å²) in [6, 6.07) is 5.61. The van der Waals surface area contributed by atoms with E-state index in [2.05, 4.69) is 24.1 Å². The Bertz CT molecular complexity index is 1400. The number of ketones is 1. The van der Waals surface area contributed by atoms with E-state index in [-0.39, 0.29) is 40.3 Å². The Labute approximate surface area is 262 Å². The average molecular weight is 603 g/mol. The molecule has 5 rings (SSSR count). The molecule has 0 bridgehead atoms. The smallest absolute Gasteiger partial charge is 0.277 e. The molecule has 0 radical (unpaired) electrons. The number of hydrogen-bond donors (Lipinski definition) is 2. The van der Waals surface area contributed by atoms with Crippen molar-refractivity contribution in [3.8, 4) is 0 Å². The second-order valence-corrected chi connectivity index (χ2v) is 13.7. The van der Waals surface area contributed by atoms with E-state index in [9.17, 15) is 19.5 Å². The summed E-state index contributed by atoms with van der Waals surface area (Å²) in [6.45, 7) is 13.2. The quantitative estimate of drug-likeness (QED) is 0.272. The maximum Gasteiger partial charge on any atom is 0.277 e. The van der Waals surface area contributed by atoms with Crippen LogP contribution in [0.1, 0.15) is 111 Å². The highest BCUT2D eigenvalue weighted by atomic mass is 16.3. The normalized spacial score (nSPS) is 22.4. The van der Waals surface area contributed by atoms with Crippen LogP contribution in [0.5, 0.6) is 0 Å². The first-order chi connectivity index (χ1) is 21.0. The standard InChI is InChI=1S/C36H50N4O4/c1-7-36(5,6)35(44)37-27-21-25(39(8-2)9-3)19-20-26(27)29-32(41)30(33(29)42)28-22(4)38-40(34(28)43)31(24-17-13-14-18-24)23-15-11-10-12-16-23/h19-21,23-24,31,41H,7-18H2,1-6H3,(H,37,44)/b30-28+. The zero-order chi connectivity index (χ0) is 31.8. The Kier molecular flexibility index (Phi) is 9.38. The molecule has 4 aliphatic rings. The number of amides is 2. The number of aliphatic hydroxyl groups excluding tert-OH is 1. The average Bonchev–Trinajstić information content (AvgIpc) is 3.64. The van der Waals surface area contributed by atoms with Gasteiger partial charge in [-0.25, -0.2) is 5.01 Å². The summed E-state index contributed by atoms with van der Waals surface area (Å²) < 4.78 is 0. The van der Waals surface area contributed by atoms with E-state index in [1.165, 1.54) is 32.1 Å². The topological polar surface area (TPSA) is 102 Å². The van der Waals surface area contributed by atoms with Crippen LogP contribution in [0.2, 0.25) is 0 Å². The number of Topliss-reactive ketones (excluding diaryl/α,β-unsaturated/α-hetero) is 1. The van der Waals surface area contributed by atoms with Crippen LogP contribution in [0, 0.1) is 17.3 Å². The largest absolute Gasteiger partial charge is 0.506 e. The van der Waals surface area contributed by atoms with Crippen molar-refractivity contribution in [1.82, 2.24) is 5.01 Å². The van der Waals surface area contributed by atoms with E-state index >= 15 is 0 Å². The number of aliphatic hydroxyl groups is 1. The number of carbonyl (C=O) groups excluding carboxylic acids is 3. The Morgan fingerprint density at radius 3 is 2.11 bits per heavy atom. The van der Waals surface area contributed by atoms with Crippen LogP contribution in [0.3, 0.4) is 0 Å². The number of nitrogens with one attached hydrogen (secondary N) is 1. The van der Waals surface area contributed by atoms with Crippen LogP contribution in [-0.4, -0.2) is 52.6 Å². The molecule has 2 fully saturated rings. The second-order valence-electron chi connectivity index (χ2n) is 13.7. The van der Waals surface area contributed by atoms with Crippen LogP contribution in [-0.2, 0) is 14.4 Å². The number of hydrogen-bond acceptors (Lipinski definition) is 6. The van der Waals surface area contributed by atoms with Crippen LogP contribution in [0.15, 0.2) is 40.2 Å². The first-order valence-electron chi connectivity index (χ1n) is 16.9. The molecule has 2 saturated carbocycles. The fourth-order valence-corrected chi connectivity index (χ4v) is 7.55. The number of hydrazone groups is 1. The SMILES string of the molecule is CCN(CC)c1ccc(C2=C(O)/C(=C3\C(=O)N(C(C4CCCCC4)C4CCCC4)N=C3C)C2=O)c(NC(=O)C(C)(C)CC)c1. The van der Waals surface area contributed by atoms with Crippen LogP contribution < -0.4 is 10.2 Å². The molecule has 2 amide bonds. The van der Waals surface area contributed by atoms with Gasteiger partial charge in [-0.2, -0.15) is 5.10 Å². The fourth-order valence-electron chi connectivity index (χ4n) is 7.55. The first kappa shape index (κ1) is 32.0. The lowest BCUT2D eigenvalue weighted by atomic mass is 9.77. The van der Waals surface area contributed by atoms with Gasteiger partial charge in [-0.3, -0.25) is 14.4 Å². The van der Waals surface area contributed by atoms with Gasteiger partial charge in [0.05, 0.1) is 34.2 Å². The van der Waals surface area contributed by atoms with Crippen LogP contribution in [0.25, 0.3) is 5.57 Å². The third-order valence-electron chi connectivity index (χ3n) is 10.7. The van der Waals surface area contributed by atoms with Gasteiger partial charge in [0, 0.05) is 29.8 Å². The van der Waals surface area contributed by atoms with E-state index in [0.29, 0.717) is 35.2 Å². The van der Waals surface area contributed by atoms with Crippen molar-refractivity contribution >= 4 is 40.3 Å². The lowest BCUT2D eigenvalue weighted by Crippen LogP contribution is -2.45. The van der Waals surface area contributed by atoms with Gasteiger partial charge < -0.3 is 15.3 Å². The fraction of sp³-hybridized carbons (Fsp3) is 0.611. The Balaban J connectivity index is 1.52. The molecule has 8 heteroatoms. The third kappa shape index (κ3) is 5.72. The number of nitrogens with zero attached hydrogens (tertiary/aromatic N) is 3. The minimum absolute atomic E-state index is 0.0375. The van der Waals surface area contributed by atoms with Crippen molar-refractivity contribution in [2.75, 3.05) is 23.3 Å². The molecule has 3 aliphatic carbocycles. The third-order valence-corrected chi connectivity index (χ3v) is 10.7. The maximum atomic E-state index is 14.1. The molecule has 0 saturated heterocycles. The molecule has 2 N–H and O–H groups in total. The summed E-state index contributed by atoms with van der Waals surface area (Å²) in [4.78, 5) is 43.4. The summed E-state index contributed by atoms with van der Waals surface area (Å²) in [7, 11) is 0. The molecular formula is C36H50N4O4. The van der Waals surface area contributed by atoms with Crippen LogP contribution in [0.4, 0.5) is 11.4 Å². The summed E-state index contributed by atoms with van der Waals surface area (Å²) in [5.74, 6) is -0.189. The van der Waals surface area contributed by atoms with Gasteiger partial charge in [-0.05, 0) is 82.9 Å². The van der Waals surface area contributed by atoms with Crippen molar-refractivity contribution in [1.29, 1.82) is 0 Å². The van der Waals surface area contributed by atoms with Gasteiger partial charge in [0.1, 0.15) is 5.76 Å². The maximum absolute atomic E-state index is 14.1. The molecule has 1 atom stereocenters. The van der Waals surface area contributed by atoms with Crippen molar-refractivity contribution < 1.29 is 19.5 Å². The van der Waals surface area contributed by atoms with E-state index in [1.807, 2.05) is 32.9 Å².